The van der Waals surface area contributed by atoms with Crippen LogP contribution < -0.4 is 26.0 Å². The molecule has 2 fully saturated rings. The Kier molecular flexibility index (Phi) is 10.2. The Bertz CT molecular complexity index is 1720. The highest BCUT2D eigenvalue weighted by Gasteiger charge is 2.34. The zero-order chi connectivity index (χ0) is 33.7. The molecule has 2 aliphatic heterocycles. The molecule has 0 bridgehead atoms. The van der Waals surface area contributed by atoms with E-state index in [4.69, 9.17) is 4.74 Å². The van der Waals surface area contributed by atoms with Crippen LogP contribution in [-0.2, 0) is 32.0 Å². The van der Waals surface area contributed by atoms with Crippen molar-refractivity contribution < 1.29 is 37.4 Å². The standard InChI is InChI=1S/C31H35F2N7O7/c1-3-25-36-24-7-5-4-6-21(24)29(43)39(25)9-8-26(41)34-17-27(42)37-10-12-38(13-11-37)28-22(32)14-19(15-23(28)33)40-18-20(47-31(40)45)16-35-30(44)46-2/h4-7,14-15,20H,3,8-13,16-18H2,1-2H3,(H,34,41)(H,35,44). The average Bonchev–Trinajstić information content (AvgIpc) is 3.45. The van der Waals surface area contributed by atoms with Crippen LogP contribution in [0.3, 0.4) is 0 Å². The number of piperazine rings is 1. The van der Waals surface area contributed by atoms with E-state index in [0.29, 0.717) is 23.1 Å². The third kappa shape index (κ3) is 7.42. The predicted molar refractivity (Wildman–Crippen MR) is 166 cm³/mol. The molecule has 0 spiro atoms. The minimum atomic E-state index is -0.886. The molecule has 1 aromatic heterocycles. The largest absolute Gasteiger partial charge is 0.453 e. The van der Waals surface area contributed by atoms with Crippen molar-refractivity contribution >= 4 is 46.3 Å². The summed E-state index contributed by atoms with van der Waals surface area (Å²) in [5, 5.41) is 5.46. The van der Waals surface area contributed by atoms with Crippen molar-refractivity contribution in [2.45, 2.75) is 32.4 Å². The van der Waals surface area contributed by atoms with Gasteiger partial charge in [-0.15, -0.1) is 0 Å². The molecule has 3 aromatic rings. The second-order valence-corrected chi connectivity index (χ2v) is 11.0. The number of cyclic esters (lactones) is 1. The third-order valence-electron chi connectivity index (χ3n) is 8.05. The van der Waals surface area contributed by atoms with Crippen molar-refractivity contribution in [1.82, 2.24) is 25.1 Å². The van der Waals surface area contributed by atoms with Gasteiger partial charge < -0.3 is 29.9 Å². The summed E-state index contributed by atoms with van der Waals surface area (Å²) in [5.41, 5.74) is 0.0500. The SMILES string of the molecule is CCc1nc2ccccc2c(=O)n1CCC(=O)NCC(=O)N1CCN(c2c(F)cc(N3CC(CNC(=O)OC)OC3=O)cc2F)CC1. The van der Waals surface area contributed by atoms with Crippen molar-refractivity contribution in [2.24, 2.45) is 0 Å². The minimum absolute atomic E-state index is 0.0251. The number of halogens is 2. The Hall–Kier alpha value is -5.28. The number of carbonyl (C=O) groups excluding carboxylic acids is 4. The summed E-state index contributed by atoms with van der Waals surface area (Å²) >= 11 is 0. The molecule has 0 saturated carbocycles. The van der Waals surface area contributed by atoms with Crippen LogP contribution in [0.1, 0.15) is 19.2 Å². The molecular formula is C31H35F2N7O7. The number of nitrogens with one attached hydrogen (secondary N) is 2. The van der Waals surface area contributed by atoms with E-state index in [1.807, 2.05) is 6.92 Å². The van der Waals surface area contributed by atoms with E-state index in [-0.39, 0.29) is 81.6 Å². The summed E-state index contributed by atoms with van der Waals surface area (Å²) in [6, 6.07) is 9.08. The Labute approximate surface area is 268 Å². The summed E-state index contributed by atoms with van der Waals surface area (Å²) in [6.07, 6.45) is -1.76. The van der Waals surface area contributed by atoms with E-state index < -0.39 is 35.8 Å². The molecule has 2 N–H and O–H groups in total. The van der Waals surface area contributed by atoms with Crippen molar-refractivity contribution in [3.63, 3.8) is 0 Å². The Morgan fingerprint density at radius 3 is 2.43 bits per heavy atom. The van der Waals surface area contributed by atoms with E-state index in [9.17, 15) is 24.0 Å². The maximum Gasteiger partial charge on any atom is 0.414 e. The number of rotatable bonds is 10. The van der Waals surface area contributed by atoms with Crippen LogP contribution in [0.15, 0.2) is 41.2 Å². The van der Waals surface area contributed by atoms with Crippen LogP contribution in [0.5, 0.6) is 0 Å². The summed E-state index contributed by atoms with van der Waals surface area (Å²) in [4.78, 5) is 70.5. The normalized spacial score (nSPS) is 16.3. The number of para-hydroxylation sites is 1. The fourth-order valence-electron chi connectivity index (χ4n) is 5.60. The van der Waals surface area contributed by atoms with Crippen LogP contribution in [0.2, 0.25) is 0 Å². The van der Waals surface area contributed by atoms with Crippen molar-refractivity contribution in [1.29, 1.82) is 0 Å². The number of carbonyl (C=O) groups is 4. The second kappa shape index (κ2) is 14.4. The molecule has 2 saturated heterocycles. The lowest BCUT2D eigenvalue weighted by Gasteiger charge is -2.36. The van der Waals surface area contributed by atoms with E-state index in [1.54, 1.807) is 24.3 Å². The average molecular weight is 656 g/mol. The van der Waals surface area contributed by atoms with Gasteiger partial charge in [-0.1, -0.05) is 19.1 Å². The van der Waals surface area contributed by atoms with Crippen LogP contribution in [-0.4, -0.2) is 97.5 Å². The van der Waals surface area contributed by atoms with Gasteiger partial charge in [-0.25, -0.2) is 23.4 Å². The first-order chi connectivity index (χ1) is 22.6. The Balaban J connectivity index is 1.11. The number of aryl methyl sites for hydroxylation is 1. The zero-order valence-electron chi connectivity index (χ0n) is 26.0. The second-order valence-electron chi connectivity index (χ2n) is 11.0. The van der Waals surface area contributed by atoms with Gasteiger partial charge in [0.05, 0.1) is 43.3 Å². The number of fused-ring (bicyclic) bond motifs is 1. The Morgan fingerprint density at radius 2 is 1.74 bits per heavy atom. The number of benzene rings is 2. The number of amides is 4. The Morgan fingerprint density at radius 1 is 1.04 bits per heavy atom. The van der Waals surface area contributed by atoms with Crippen LogP contribution >= 0.6 is 0 Å². The minimum Gasteiger partial charge on any atom is -0.453 e. The van der Waals surface area contributed by atoms with Gasteiger partial charge in [0.15, 0.2) is 11.6 Å². The molecule has 4 amide bonds. The molecule has 1 atom stereocenters. The molecule has 1 unspecified atom stereocenters. The first-order valence-electron chi connectivity index (χ1n) is 15.2. The van der Waals surface area contributed by atoms with Gasteiger partial charge in [0.2, 0.25) is 11.8 Å². The molecule has 2 aliphatic rings. The number of nitrogens with zero attached hydrogens (tertiary/aromatic N) is 5. The lowest BCUT2D eigenvalue weighted by atomic mass is 10.2. The first kappa shape index (κ1) is 33.1. The molecule has 5 rings (SSSR count). The van der Waals surface area contributed by atoms with Gasteiger partial charge in [0, 0.05) is 57.7 Å². The monoisotopic (exact) mass is 655 g/mol. The van der Waals surface area contributed by atoms with Crippen molar-refractivity contribution in [2.75, 3.05) is 62.7 Å². The molecular weight excluding hydrogens is 620 g/mol. The summed E-state index contributed by atoms with van der Waals surface area (Å²) in [7, 11) is 1.19. The van der Waals surface area contributed by atoms with Crippen molar-refractivity contribution in [3.05, 3.63) is 64.2 Å². The number of methoxy groups -OCH3 is 1. The third-order valence-corrected chi connectivity index (χ3v) is 8.05. The lowest BCUT2D eigenvalue weighted by Crippen LogP contribution is -2.51. The maximum atomic E-state index is 15.2. The molecule has 2 aromatic carbocycles. The van der Waals surface area contributed by atoms with E-state index in [0.717, 1.165) is 17.0 Å². The number of anilines is 2. The molecule has 3 heterocycles. The highest BCUT2D eigenvalue weighted by molar-refractivity contribution is 5.90. The van der Waals surface area contributed by atoms with Gasteiger partial charge in [0.25, 0.3) is 5.56 Å². The molecule has 14 nitrogen and oxygen atoms in total. The zero-order valence-corrected chi connectivity index (χ0v) is 26.0. The van der Waals surface area contributed by atoms with Gasteiger partial charge in [0.1, 0.15) is 17.6 Å². The molecule has 250 valence electrons. The first-order valence-corrected chi connectivity index (χ1v) is 15.2. The fraction of sp³-hybridized carbons (Fsp3) is 0.419. The molecule has 16 heteroatoms. The molecule has 0 radical (unpaired) electrons. The summed E-state index contributed by atoms with van der Waals surface area (Å²) < 4.78 is 41.5. The molecule has 0 aliphatic carbocycles. The van der Waals surface area contributed by atoms with Crippen LogP contribution in [0, 0.1) is 11.6 Å². The summed E-state index contributed by atoms with van der Waals surface area (Å²) in [6.45, 7) is 2.27. The predicted octanol–water partition coefficient (Wildman–Crippen LogP) is 1.77. The van der Waals surface area contributed by atoms with Crippen molar-refractivity contribution in [3.8, 4) is 0 Å². The smallest absolute Gasteiger partial charge is 0.414 e. The topological polar surface area (TPSA) is 155 Å². The summed E-state index contributed by atoms with van der Waals surface area (Å²) in [5.74, 6) is -1.96. The quantitative estimate of drug-likeness (QED) is 0.333. The maximum absolute atomic E-state index is 15.2. The van der Waals surface area contributed by atoms with Gasteiger partial charge in [-0.05, 0) is 12.1 Å². The fourth-order valence-corrected chi connectivity index (χ4v) is 5.60. The lowest BCUT2D eigenvalue weighted by molar-refractivity contribution is -0.133. The van der Waals surface area contributed by atoms with E-state index in [1.165, 1.54) is 21.5 Å². The van der Waals surface area contributed by atoms with Gasteiger partial charge >= 0.3 is 12.2 Å². The number of aromatic nitrogens is 2. The van der Waals surface area contributed by atoms with E-state index in [2.05, 4.69) is 20.4 Å². The van der Waals surface area contributed by atoms with E-state index >= 15 is 8.78 Å². The van der Waals surface area contributed by atoms with Gasteiger partial charge in [-0.3, -0.25) is 23.9 Å². The number of alkyl carbamates (subject to hydrolysis) is 1. The van der Waals surface area contributed by atoms with Crippen LogP contribution in [0.25, 0.3) is 10.9 Å². The molecule has 47 heavy (non-hydrogen) atoms. The number of ether oxygens (including phenoxy) is 2. The number of hydrogen-bond donors (Lipinski definition) is 2. The van der Waals surface area contributed by atoms with Crippen LogP contribution in [0.4, 0.5) is 29.7 Å². The highest BCUT2D eigenvalue weighted by atomic mass is 19.1. The van der Waals surface area contributed by atoms with Gasteiger partial charge in [-0.2, -0.15) is 0 Å². The number of hydrogen-bond acceptors (Lipinski definition) is 9. The highest BCUT2D eigenvalue weighted by Crippen LogP contribution is 2.31.